The topological polar surface area (TPSA) is 64.9 Å². The van der Waals surface area contributed by atoms with Gasteiger partial charge < -0.3 is 10.3 Å². The van der Waals surface area contributed by atoms with Gasteiger partial charge in [-0.3, -0.25) is 0 Å². The molecule has 1 aliphatic rings. The Morgan fingerprint density at radius 3 is 2.71 bits per heavy atom. The smallest absolute Gasteiger partial charge is 0.250 e. The van der Waals surface area contributed by atoms with Crippen molar-refractivity contribution in [2.45, 2.75) is 31.7 Å². The Morgan fingerprint density at radius 1 is 1.38 bits per heavy atom. The zero-order valence-electron chi connectivity index (χ0n) is 11.7. The molecule has 3 rings (SSSR count). The molecule has 0 bridgehead atoms. The molecule has 2 N–H and O–H groups in total. The Hall–Kier alpha value is -1.36. The van der Waals surface area contributed by atoms with Crippen LogP contribution >= 0.6 is 24.0 Å². The zero-order chi connectivity index (χ0) is 14.2. The molecule has 0 saturated heterocycles. The third-order valence-electron chi connectivity index (χ3n) is 3.77. The largest absolute Gasteiger partial charge is 0.335 e. The Morgan fingerprint density at radius 2 is 2.10 bits per heavy atom. The quantitative estimate of drug-likeness (QED) is 0.924. The van der Waals surface area contributed by atoms with Crippen molar-refractivity contribution in [1.82, 2.24) is 10.1 Å². The Kier molecular flexibility index (Phi) is 4.71. The normalized spacial score (nSPS) is 17.0. The van der Waals surface area contributed by atoms with Crippen LogP contribution in [0.15, 0.2) is 28.8 Å². The molecule has 1 heterocycles. The fourth-order valence-corrected chi connectivity index (χ4v) is 2.61. The molecule has 21 heavy (non-hydrogen) atoms. The van der Waals surface area contributed by atoms with Crippen LogP contribution in [0.3, 0.4) is 0 Å². The van der Waals surface area contributed by atoms with Gasteiger partial charge in [0.15, 0.2) is 5.82 Å². The first-order valence-corrected chi connectivity index (χ1v) is 7.02. The maximum atomic E-state index is 6.18. The highest BCUT2D eigenvalue weighted by Crippen LogP contribution is 2.37. The fraction of sp³-hybridized carbons (Fsp3) is 0.333. The minimum absolute atomic E-state index is 0. The third-order valence-corrected chi connectivity index (χ3v) is 4.10. The first-order chi connectivity index (χ1) is 9.58. The molecule has 0 spiro atoms. The number of aromatic nitrogens is 2. The monoisotopic (exact) mass is 325 g/mol. The molecule has 1 aliphatic carbocycles. The van der Waals surface area contributed by atoms with E-state index in [1.54, 1.807) is 0 Å². The maximum absolute atomic E-state index is 6.18. The van der Waals surface area contributed by atoms with Crippen LogP contribution in [0.5, 0.6) is 0 Å². The average molecular weight is 326 g/mol. The summed E-state index contributed by atoms with van der Waals surface area (Å²) in [6.07, 6.45) is 4.78. The van der Waals surface area contributed by atoms with E-state index in [2.05, 4.69) is 10.1 Å². The van der Waals surface area contributed by atoms with E-state index in [4.69, 9.17) is 21.9 Å². The Bertz CT molecular complexity index is 662. The zero-order valence-corrected chi connectivity index (χ0v) is 13.2. The highest BCUT2D eigenvalue weighted by molar-refractivity contribution is 6.32. The van der Waals surface area contributed by atoms with Crippen molar-refractivity contribution in [3.05, 3.63) is 46.6 Å². The fourth-order valence-electron chi connectivity index (χ4n) is 2.32. The van der Waals surface area contributed by atoms with Gasteiger partial charge in [0.2, 0.25) is 0 Å². The number of nitrogens with two attached hydrogens (primary N) is 1. The molecular weight excluding hydrogens is 309 g/mol. The van der Waals surface area contributed by atoms with Crippen molar-refractivity contribution in [1.29, 1.82) is 0 Å². The third kappa shape index (κ3) is 3.12. The molecule has 0 atom stereocenters. The van der Waals surface area contributed by atoms with Gasteiger partial charge in [-0.25, -0.2) is 0 Å². The second-order valence-corrected chi connectivity index (χ2v) is 5.68. The summed E-state index contributed by atoms with van der Waals surface area (Å²) in [5.74, 6) is 1.07. The van der Waals surface area contributed by atoms with Crippen LogP contribution in [0.1, 0.15) is 43.5 Å². The lowest BCUT2D eigenvalue weighted by atomic mass is 9.77. The lowest BCUT2D eigenvalue weighted by molar-refractivity contribution is 0.229. The number of benzene rings is 1. The van der Waals surface area contributed by atoms with E-state index in [1.807, 2.05) is 37.3 Å². The first kappa shape index (κ1) is 16.0. The number of rotatable bonds is 3. The van der Waals surface area contributed by atoms with Crippen LogP contribution in [0.4, 0.5) is 0 Å². The lowest BCUT2D eigenvalue weighted by Crippen LogP contribution is -2.44. The standard InChI is InChI=1S/C15H16ClN3O.ClH/c1-10(11-5-2-3-6-12(11)16)9-13-18-14(19-20-13)15(17)7-4-8-15;/h2-3,5-6,9H,4,7-8,17H2,1H3;1H/b10-9-;. The highest BCUT2D eigenvalue weighted by atomic mass is 35.5. The highest BCUT2D eigenvalue weighted by Gasteiger charge is 2.38. The molecule has 0 aliphatic heterocycles. The van der Waals surface area contributed by atoms with E-state index in [0.717, 1.165) is 30.4 Å². The molecule has 1 aromatic carbocycles. The van der Waals surface area contributed by atoms with Gasteiger partial charge >= 0.3 is 0 Å². The number of allylic oxidation sites excluding steroid dienone is 1. The predicted molar refractivity (Wildman–Crippen MR) is 86.3 cm³/mol. The molecule has 1 aromatic heterocycles. The molecule has 6 heteroatoms. The second kappa shape index (κ2) is 6.18. The molecule has 1 saturated carbocycles. The summed E-state index contributed by atoms with van der Waals surface area (Å²) in [6.45, 7) is 1.96. The van der Waals surface area contributed by atoms with Gasteiger partial charge in [-0.15, -0.1) is 12.4 Å². The van der Waals surface area contributed by atoms with E-state index in [-0.39, 0.29) is 12.4 Å². The number of halogens is 2. The summed E-state index contributed by atoms with van der Waals surface area (Å²) >= 11 is 6.17. The first-order valence-electron chi connectivity index (χ1n) is 6.65. The van der Waals surface area contributed by atoms with Gasteiger partial charge in [0.25, 0.3) is 5.89 Å². The van der Waals surface area contributed by atoms with Crippen LogP contribution in [0, 0.1) is 0 Å². The molecule has 112 valence electrons. The van der Waals surface area contributed by atoms with Crippen molar-refractivity contribution in [3.63, 3.8) is 0 Å². The molecular formula is C15H17Cl2N3O. The van der Waals surface area contributed by atoms with Crippen LogP contribution in [0.25, 0.3) is 11.6 Å². The minimum Gasteiger partial charge on any atom is -0.335 e. The van der Waals surface area contributed by atoms with Crippen molar-refractivity contribution < 1.29 is 4.52 Å². The second-order valence-electron chi connectivity index (χ2n) is 5.27. The number of hydrogen-bond acceptors (Lipinski definition) is 4. The summed E-state index contributed by atoms with van der Waals surface area (Å²) in [5, 5.41) is 4.69. The molecule has 0 unspecified atom stereocenters. The Labute approximate surface area is 134 Å². The number of hydrogen-bond donors (Lipinski definition) is 1. The van der Waals surface area contributed by atoms with Crippen molar-refractivity contribution in [2.24, 2.45) is 5.73 Å². The van der Waals surface area contributed by atoms with Gasteiger partial charge in [-0.05, 0) is 43.4 Å². The van der Waals surface area contributed by atoms with E-state index >= 15 is 0 Å². The van der Waals surface area contributed by atoms with Gasteiger partial charge in [0, 0.05) is 11.1 Å². The van der Waals surface area contributed by atoms with Crippen LogP contribution in [-0.4, -0.2) is 10.1 Å². The molecule has 1 fully saturated rings. The van der Waals surface area contributed by atoms with Crippen molar-refractivity contribution >= 4 is 35.7 Å². The number of nitrogens with zero attached hydrogens (tertiary/aromatic N) is 2. The maximum Gasteiger partial charge on any atom is 0.250 e. The van der Waals surface area contributed by atoms with Gasteiger partial charge in [0.1, 0.15) is 0 Å². The van der Waals surface area contributed by atoms with E-state index in [9.17, 15) is 0 Å². The summed E-state index contributed by atoms with van der Waals surface area (Å²) in [6, 6.07) is 7.66. The molecule has 0 radical (unpaired) electrons. The van der Waals surface area contributed by atoms with Gasteiger partial charge in [0.05, 0.1) is 5.54 Å². The molecule has 2 aromatic rings. The average Bonchev–Trinajstić information content (AvgIpc) is 2.85. The summed E-state index contributed by atoms with van der Waals surface area (Å²) in [5.41, 5.74) is 7.72. The summed E-state index contributed by atoms with van der Waals surface area (Å²) < 4.78 is 5.26. The van der Waals surface area contributed by atoms with Crippen LogP contribution in [0.2, 0.25) is 5.02 Å². The van der Waals surface area contributed by atoms with Crippen LogP contribution in [-0.2, 0) is 5.54 Å². The summed E-state index contributed by atoms with van der Waals surface area (Å²) in [4.78, 5) is 4.38. The Balaban J connectivity index is 0.00000161. The van der Waals surface area contributed by atoms with E-state index in [0.29, 0.717) is 16.7 Å². The molecule has 0 amide bonds. The predicted octanol–water partition coefficient (Wildman–Crippen LogP) is 4.04. The minimum atomic E-state index is -0.395. The lowest BCUT2D eigenvalue weighted by Gasteiger charge is -2.34. The van der Waals surface area contributed by atoms with E-state index < -0.39 is 5.54 Å². The van der Waals surface area contributed by atoms with Gasteiger partial charge in [-0.2, -0.15) is 4.98 Å². The SMILES string of the molecule is C/C(=C/c1nc(C2(N)CCC2)no1)c1ccccc1Cl.Cl. The van der Waals surface area contributed by atoms with E-state index in [1.165, 1.54) is 0 Å². The van der Waals surface area contributed by atoms with Crippen molar-refractivity contribution in [3.8, 4) is 0 Å². The summed E-state index contributed by atoms with van der Waals surface area (Å²) in [7, 11) is 0. The van der Waals surface area contributed by atoms with Gasteiger partial charge in [-0.1, -0.05) is 35.0 Å². The van der Waals surface area contributed by atoms with Crippen molar-refractivity contribution in [2.75, 3.05) is 0 Å². The van der Waals surface area contributed by atoms with Crippen LogP contribution < -0.4 is 5.73 Å². The molecule has 4 nitrogen and oxygen atoms in total.